The van der Waals surface area contributed by atoms with E-state index in [0.717, 1.165) is 5.56 Å². The van der Waals surface area contributed by atoms with Crippen LogP contribution in [0.4, 0.5) is 13.2 Å². The second-order valence-electron chi connectivity index (χ2n) is 5.41. The second kappa shape index (κ2) is 5.63. The summed E-state index contributed by atoms with van der Waals surface area (Å²) in [6.07, 6.45) is -3.61. The fourth-order valence-corrected chi connectivity index (χ4v) is 2.10. The SMILES string of the molecule is CC(=O)CC(C)(C)Cc1ccc(OC(F)(F)F)cc1. The van der Waals surface area contributed by atoms with E-state index in [1.807, 2.05) is 13.8 Å². The Hall–Kier alpha value is -1.52. The molecule has 0 aliphatic heterocycles. The standard InChI is InChI=1S/C14H17F3O2/c1-10(18)8-13(2,3)9-11-4-6-12(7-5-11)19-14(15,16)17/h4-7H,8-9H2,1-3H3. The zero-order chi connectivity index (χ0) is 14.7. The van der Waals surface area contributed by atoms with Gasteiger partial charge in [-0.25, -0.2) is 0 Å². The van der Waals surface area contributed by atoms with Crippen molar-refractivity contribution in [1.82, 2.24) is 0 Å². The van der Waals surface area contributed by atoms with E-state index in [2.05, 4.69) is 4.74 Å². The third-order valence-electron chi connectivity index (χ3n) is 2.57. The van der Waals surface area contributed by atoms with Gasteiger partial charge in [-0.05, 0) is 36.5 Å². The highest BCUT2D eigenvalue weighted by molar-refractivity contribution is 5.76. The summed E-state index contributed by atoms with van der Waals surface area (Å²) in [5.41, 5.74) is 0.666. The van der Waals surface area contributed by atoms with Crippen LogP contribution >= 0.6 is 0 Å². The zero-order valence-electron chi connectivity index (χ0n) is 11.2. The number of rotatable bonds is 5. The Morgan fingerprint density at radius 2 is 1.68 bits per heavy atom. The molecule has 19 heavy (non-hydrogen) atoms. The Labute approximate surface area is 110 Å². The first-order valence-corrected chi connectivity index (χ1v) is 5.91. The maximum absolute atomic E-state index is 12.0. The topological polar surface area (TPSA) is 26.3 Å². The summed E-state index contributed by atoms with van der Waals surface area (Å²) < 4.78 is 39.8. The number of ether oxygens (including phenoxy) is 1. The van der Waals surface area contributed by atoms with E-state index in [-0.39, 0.29) is 16.9 Å². The molecule has 0 fully saturated rings. The Balaban J connectivity index is 2.69. The molecule has 0 N–H and O–H groups in total. The van der Waals surface area contributed by atoms with Crippen molar-refractivity contribution >= 4 is 5.78 Å². The van der Waals surface area contributed by atoms with Gasteiger partial charge in [-0.15, -0.1) is 13.2 Å². The van der Waals surface area contributed by atoms with E-state index >= 15 is 0 Å². The molecule has 1 aromatic rings. The maximum Gasteiger partial charge on any atom is 0.573 e. The number of carbonyl (C=O) groups excluding carboxylic acids is 1. The van der Waals surface area contributed by atoms with Crippen LogP contribution in [0, 0.1) is 5.41 Å². The van der Waals surface area contributed by atoms with Crippen molar-refractivity contribution in [3.63, 3.8) is 0 Å². The summed E-state index contributed by atoms with van der Waals surface area (Å²) in [7, 11) is 0. The first kappa shape index (κ1) is 15.5. The summed E-state index contributed by atoms with van der Waals surface area (Å²) in [4.78, 5) is 11.1. The van der Waals surface area contributed by atoms with E-state index in [0.29, 0.717) is 12.8 Å². The molecule has 0 saturated heterocycles. The number of benzene rings is 1. The van der Waals surface area contributed by atoms with Gasteiger partial charge in [0.2, 0.25) is 0 Å². The molecule has 106 valence electrons. The summed E-state index contributed by atoms with van der Waals surface area (Å²) in [6, 6.07) is 5.74. The van der Waals surface area contributed by atoms with Crippen molar-refractivity contribution in [3.05, 3.63) is 29.8 Å². The lowest BCUT2D eigenvalue weighted by atomic mass is 9.81. The van der Waals surface area contributed by atoms with Gasteiger partial charge >= 0.3 is 6.36 Å². The van der Waals surface area contributed by atoms with E-state index in [1.165, 1.54) is 19.1 Å². The van der Waals surface area contributed by atoms with Crippen LogP contribution < -0.4 is 4.74 Å². The second-order valence-corrected chi connectivity index (χ2v) is 5.41. The van der Waals surface area contributed by atoms with Gasteiger partial charge in [-0.1, -0.05) is 26.0 Å². The molecule has 0 atom stereocenters. The number of hydrogen-bond donors (Lipinski definition) is 0. The smallest absolute Gasteiger partial charge is 0.406 e. The molecule has 0 spiro atoms. The van der Waals surface area contributed by atoms with Gasteiger partial charge in [0.15, 0.2) is 0 Å². The van der Waals surface area contributed by atoms with Crippen molar-refractivity contribution in [2.24, 2.45) is 5.41 Å². The summed E-state index contributed by atoms with van der Waals surface area (Å²) >= 11 is 0. The number of halogens is 3. The average Bonchev–Trinajstić information content (AvgIpc) is 2.16. The molecule has 0 heterocycles. The lowest BCUT2D eigenvalue weighted by molar-refractivity contribution is -0.274. The third-order valence-corrected chi connectivity index (χ3v) is 2.57. The lowest BCUT2D eigenvalue weighted by Gasteiger charge is -2.23. The summed E-state index contributed by atoms with van der Waals surface area (Å²) in [6.45, 7) is 5.44. The van der Waals surface area contributed by atoms with Gasteiger partial charge in [-0.2, -0.15) is 0 Å². The van der Waals surface area contributed by atoms with Gasteiger partial charge in [-0.3, -0.25) is 0 Å². The van der Waals surface area contributed by atoms with Crippen molar-refractivity contribution in [3.8, 4) is 5.75 Å². The number of ketones is 1. The maximum atomic E-state index is 12.0. The lowest BCUT2D eigenvalue weighted by Crippen LogP contribution is -2.19. The minimum atomic E-state index is -4.67. The normalized spacial score (nSPS) is 12.3. The molecular weight excluding hydrogens is 257 g/mol. The molecule has 0 aliphatic carbocycles. The van der Waals surface area contributed by atoms with Gasteiger partial charge in [0.1, 0.15) is 11.5 Å². The van der Waals surface area contributed by atoms with Crippen molar-refractivity contribution in [2.75, 3.05) is 0 Å². The van der Waals surface area contributed by atoms with Gasteiger partial charge in [0.25, 0.3) is 0 Å². The van der Waals surface area contributed by atoms with E-state index in [4.69, 9.17) is 0 Å². The first-order chi connectivity index (χ1) is 8.57. The van der Waals surface area contributed by atoms with Crippen LogP contribution in [-0.4, -0.2) is 12.1 Å². The minimum Gasteiger partial charge on any atom is -0.406 e. The van der Waals surface area contributed by atoms with E-state index in [9.17, 15) is 18.0 Å². The molecule has 0 aliphatic rings. The highest BCUT2D eigenvalue weighted by atomic mass is 19.4. The number of alkyl halides is 3. The largest absolute Gasteiger partial charge is 0.573 e. The highest BCUT2D eigenvalue weighted by Crippen LogP contribution is 2.28. The molecule has 0 bridgehead atoms. The van der Waals surface area contributed by atoms with Gasteiger partial charge in [0.05, 0.1) is 0 Å². The van der Waals surface area contributed by atoms with Crippen LogP contribution in [0.5, 0.6) is 5.75 Å². The molecule has 0 aromatic heterocycles. The van der Waals surface area contributed by atoms with Crippen LogP contribution in [-0.2, 0) is 11.2 Å². The zero-order valence-corrected chi connectivity index (χ0v) is 11.2. The fourth-order valence-electron chi connectivity index (χ4n) is 2.10. The third kappa shape index (κ3) is 6.27. The molecule has 0 amide bonds. The van der Waals surface area contributed by atoms with Crippen LogP contribution in [0.3, 0.4) is 0 Å². The van der Waals surface area contributed by atoms with Crippen molar-refractivity contribution in [1.29, 1.82) is 0 Å². The molecule has 2 nitrogen and oxygen atoms in total. The molecule has 1 aromatic carbocycles. The quantitative estimate of drug-likeness (QED) is 0.806. The highest BCUT2D eigenvalue weighted by Gasteiger charge is 2.31. The van der Waals surface area contributed by atoms with E-state index < -0.39 is 6.36 Å². The Morgan fingerprint density at radius 1 is 1.16 bits per heavy atom. The average molecular weight is 274 g/mol. The minimum absolute atomic E-state index is 0.0991. The fraction of sp³-hybridized carbons (Fsp3) is 0.500. The molecular formula is C14H17F3O2. The van der Waals surface area contributed by atoms with E-state index in [1.54, 1.807) is 12.1 Å². The monoisotopic (exact) mass is 274 g/mol. The summed E-state index contributed by atoms with van der Waals surface area (Å²) in [5, 5.41) is 0. The van der Waals surface area contributed by atoms with Crippen molar-refractivity contribution < 1.29 is 22.7 Å². The van der Waals surface area contributed by atoms with Crippen LogP contribution in [0.15, 0.2) is 24.3 Å². The van der Waals surface area contributed by atoms with Crippen molar-refractivity contribution in [2.45, 2.75) is 40.0 Å². The molecule has 0 unspecified atom stereocenters. The molecule has 5 heteroatoms. The van der Waals surface area contributed by atoms with Crippen LogP contribution in [0.25, 0.3) is 0 Å². The Kier molecular flexibility index (Phi) is 4.61. The number of carbonyl (C=O) groups is 1. The summed E-state index contributed by atoms with van der Waals surface area (Å²) in [5.74, 6) is -0.136. The Bertz CT molecular complexity index is 433. The predicted octanol–water partition coefficient (Wildman–Crippen LogP) is 4.13. The van der Waals surface area contributed by atoms with Gasteiger partial charge < -0.3 is 9.53 Å². The Morgan fingerprint density at radius 3 is 2.11 bits per heavy atom. The van der Waals surface area contributed by atoms with Gasteiger partial charge in [0, 0.05) is 6.42 Å². The van der Waals surface area contributed by atoms with Crippen LogP contribution in [0.1, 0.15) is 32.8 Å². The van der Waals surface area contributed by atoms with Crippen LogP contribution in [0.2, 0.25) is 0 Å². The predicted molar refractivity (Wildman–Crippen MR) is 65.9 cm³/mol. The molecule has 0 saturated carbocycles. The number of hydrogen-bond acceptors (Lipinski definition) is 2. The number of Topliss-reactive ketones (excluding diaryl/α,β-unsaturated/α-hetero) is 1. The molecule has 0 radical (unpaired) electrons. The molecule has 1 rings (SSSR count). The first-order valence-electron chi connectivity index (χ1n) is 5.91.